The zero-order valence-corrected chi connectivity index (χ0v) is 11.4. The third kappa shape index (κ3) is 1.75. The summed E-state index contributed by atoms with van der Waals surface area (Å²) in [6, 6.07) is 7.98. The van der Waals surface area contributed by atoms with Crippen LogP contribution in [0.2, 0.25) is 0 Å². The molecule has 3 N–H and O–H groups in total. The topological polar surface area (TPSA) is 62.4 Å². The SMILES string of the molecule is Nc1ccc2c(N3CC4CCC(O)C4C3)ccnc2c1. The molecule has 0 bridgehead atoms. The minimum Gasteiger partial charge on any atom is -0.399 e. The van der Waals surface area contributed by atoms with Gasteiger partial charge in [-0.05, 0) is 43.0 Å². The summed E-state index contributed by atoms with van der Waals surface area (Å²) < 4.78 is 0. The van der Waals surface area contributed by atoms with Crippen LogP contribution in [0.15, 0.2) is 30.5 Å². The second-order valence-electron chi connectivity index (χ2n) is 6.08. The first-order valence-corrected chi connectivity index (χ1v) is 7.29. The molecule has 104 valence electrons. The van der Waals surface area contributed by atoms with Gasteiger partial charge in [-0.1, -0.05) is 0 Å². The van der Waals surface area contributed by atoms with Crippen LogP contribution < -0.4 is 10.6 Å². The Bertz CT molecular complexity index is 657. The monoisotopic (exact) mass is 269 g/mol. The Kier molecular flexibility index (Phi) is 2.60. The van der Waals surface area contributed by atoms with Gasteiger partial charge < -0.3 is 15.7 Å². The lowest BCUT2D eigenvalue weighted by Crippen LogP contribution is -2.24. The van der Waals surface area contributed by atoms with Crippen LogP contribution in [-0.4, -0.2) is 29.3 Å². The number of hydrogen-bond acceptors (Lipinski definition) is 4. The minimum atomic E-state index is -0.117. The highest BCUT2D eigenvalue weighted by atomic mass is 16.3. The van der Waals surface area contributed by atoms with Gasteiger partial charge in [0.2, 0.25) is 0 Å². The van der Waals surface area contributed by atoms with Gasteiger partial charge in [-0.3, -0.25) is 4.98 Å². The number of benzene rings is 1. The Balaban J connectivity index is 1.73. The van der Waals surface area contributed by atoms with E-state index in [1.165, 1.54) is 5.69 Å². The van der Waals surface area contributed by atoms with Crippen molar-refractivity contribution >= 4 is 22.3 Å². The molecule has 3 unspecified atom stereocenters. The van der Waals surface area contributed by atoms with Crippen molar-refractivity contribution in [3.8, 4) is 0 Å². The Morgan fingerprint density at radius 1 is 1.20 bits per heavy atom. The lowest BCUT2D eigenvalue weighted by atomic mass is 10.00. The highest BCUT2D eigenvalue weighted by Gasteiger charge is 2.42. The lowest BCUT2D eigenvalue weighted by Gasteiger charge is -2.22. The first-order valence-electron chi connectivity index (χ1n) is 7.29. The van der Waals surface area contributed by atoms with Crippen molar-refractivity contribution in [2.45, 2.75) is 18.9 Å². The van der Waals surface area contributed by atoms with Crippen molar-refractivity contribution < 1.29 is 5.11 Å². The number of nitrogens with two attached hydrogens (primary N) is 1. The van der Waals surface area contributed by atoms with Crippen LogP contribution in [0.1, 0.15) is 12.8 Å². The third-order valence-electron chi connectivity index (χ3n) is 4.90. The normalized spacial score (nSPS) is 29.1. The molecule has 1 aliphatic carbocycles. The van der Waals surface area contributed by atoms with Crippen molar-refractivity contribution in [2.75, 3.05) is 23.7 Å². The number of nitrogen functional groups attached to an aromatic ring is 1. The Labute approximate surface area is 118 Å². The van der Waals surface area contributed by atoms with E-state index in [1.807, 2.05) is 18.3 Å². The zero-order valence-electron chi connectivity index (χ0n) is 11.4. The molecule has 1 aromatic carbocycles. The molecule has 1 aliphatic heterocycles. The van der Waals surface area contributed by atoms with E-state index < -0.39 is 0 Å². The van der Waals surface area contributed by atoms with E-state index in [2.05, 4.69) is 22.0 Å². The second-order valence-corrected chi connectivity index (χ2v) is 6.08. The van der Waals surface area contributed by atoms with Gasteiger partial charge in [0.1, 0.15) is 0 Å². The van der Waals surface area contributed by atoms with Gasteiger partial charge >= 0.3 is 0 Å². The van der Waals surface area contributed by atoms with Crippen LogP contribution in [0.5, 0.6) is 0 Å². The number of hydrogen-bond donors (Lipinski definition) is 2. The molecule has 0 spiro atoms. The van der Waals surface area contributed by atoms with E-state index in [0.717, 1.165) is 42.5 Å². The predicted molar refractivity (Wildman–Crippen MR) is 80.6 cm³/mol. The summed E-state index contributed by atoms with van der Waals surface area (Å²) in [5, 5.41) is 11.2. The quantitative estimate of drug-likeness (QED) is 0.778. The molecule has 4 rings (SSSR count). The van der Waals surface area contributed by atoms with E-state index in [0.29, 0.717) is 11.8 Å². The maximum atomic E-state index is 10.1. The number of nitrogens with zero attached hydrogens (tertiary/aromatic N) is 2. The molecule has 0 amide bonds. The van der Waals surface area contributed by atoms with Crippen molar-refractivity contribution in [1.82, 2.24) is 4.98 Å². The van der Waals surface area contributed by atoms with E-state index >= 15 is 0 Å². The first-order chi connectivity index (χ1) is 9.72. The molecule has 2 fully saturated rings. The summed E-state index contributed by atoms with van der Waals surface area (Å²) >= 11 is 0. The maximum Gasteiger partial charge on any atom is 0.0743 e. The standard InChI is InChI=1S/C16H19N3O/c17-11-2-3-12-14(7-11)18-6-5-15(12)19-8-10-1-4-16(20)13(10)9-19/h2-3,5-7,10,13,16,20H,1,4,8-9,17H2. The highest BCUT2D eigenvalue weighted by molar-refractivity contribution is 5.93. The smallest absolute Gasteiger partial charge is 0.0743 e. The van der Waals surface area contributed by atoms with Gasteiger partial charge in [0.25, 0.3) is 0 Å². The molecule has 2 heterocycles. The number of aromatic nitrogens is 1. The van der Waals surface area contributed by atoms with Gasteiger partial charge in [0, 0.05) is 42.0 Å². The molecule has 3 atom stereocenters. The van der Waals surface area contributed by atoms with Crippen molar-refractivity contribution in [1.29, 1.82) is 0 Å². The molecular formula is C16H19N3O. The van der Waals surface area contributed by atoms with Gasteiger partial charge in [-0.25, -0.2) is 0 Å². The fourth-order valence-electron chi connectivity index (χ4n) is 3.86. The van der Waals surface area contributed by atoms with Crippen molar-refractivity contribution in [3.63, 3.8) is 0 Å². The van der Waals surface area contributed by atoms with Gasteiger partial charge in [0.05, 0.1) is 11.6 Å². The molecule has 20 heavy (non-hydrogen) atoms. The van der Waals surface area contributed by atoms with E-state index in [-0.39, 0.29) is 6.10 Å². The molecule has 0 radical (unpaired) electrons. The third-order valence-corrected chi connectivity index (χ3v) is 4.90. The Morgan fingerprint density at radius 3 is 2.95 bits per heavy atom. The summed E-state index contributed by atoms with van der Waals surface area (Å²) in [6.07, 6.45) is 3.85. The molecule has 2 aromatic rings. The lowest BCUT2D eigenvalue weighted by molar-refractivity contribution is 0.133. The largest absolute Gasteiger partial charge is 0.399 e. The van der Waals surface area contributed by atoms with Crippen LogP contribution in [-0.2, 0) is 0 Å². The highest BCUT2D eigenvalue weighted by Crippen LogP contribution is 2.41. The van der Waals surface area contributed by atoms with Crippen LogP contribution in [0.4, 0.5) is 11.4 Å². The molecule has 1 saturated carbocycles. The molecule has 4 nitrogen and oxygen atoms in total. The molecule has 1 saturated heterocycles. The van der Waals surface area contributed by atoms with E-state index in [4.69, 9.17) is 5.73 Å². The number of rotatable bonds is 1. The molecule has 4 heteroatoms. The Hall–Kier alpha value is -1.81. The number of anilines is 2. The van der Waals surface area contributed by atoms with Gasteiger partial charge in [0.15, 0.2) is 0 Å². The average Bonchev–Trinajstić information content (AvgIpc) is 3.00. The van der Waals surface area contributed by atoms with Crippen LogP contribution in [0.3, 0.4) is 0 Å². The van der Waals surface area contributed by atoms with Crippen LogP contribution in [0.25, 0.3) is 10.9 Å². The summed E-state index contributed by atoms with van der Waals surface area (Å²) in [4.78, 5) is 6.81. The maximum absolute atomic E-state index is 10.1. The fraction of sp³-hybridized carbons (Fsp3) is 0.438. The summed E-state index contributed by atoms with van der Waals surface area (Å²) in [6.45, 7) is 2.00. The van der Waals surface area contributed by atoms with Gasteiger partial charge in [-0.2, -0.15) is 0 Å². The number of aliphatic hydroxyl groups excluding tert-OH is 1. The molecule has 2 aliphatic rings. The summed E-state index contributed by atoms with van der Waals surface area (Å²) in [5.41, 5.74) is 8.74. The summed E-state index contributed by atoms with van der Waals surface area (Å²) in [5.74, 6) is 1.08. The second kappa shape index (κ2) is 4.35. The van der Waals surface area contributed by atoms with Crippen molar-refractivity contribution in [2.24, 2.45) is 11.8 Å². The predicted octanol–water partition coefficient (Wildman–Crippen LogP) is 2.02. The van der Waals surface area contributed by atoms with Crippen LogP contribution >= 0.6 is 0 Å². The van der Waals surface area contributed by atoms with Crippen molar-refractivity contribution in [3.05, 3.63) is 30.5 Å². The summed E-state index contributed by atoms with van der Waals surface area (Å²) in [7, 11) is 0. The van der Waals surface area contributed by atoms with E-state index in [1.54, 1.807) is 0 Å². The van der Waals surface area contributed by atoms with Crippen LogP contribution in [0, 0.1) is 11.8 Å². The molecule has 1 aromatic heterocycles. The minimum absolute atomic E-state index is 0.117. The first kappa shape index (κ1) is 12.0. The number of fused-ring (bicyclic) bond motifs is 2. The zero-order chi connectivity index (χ0) is 13.7. The van der Waals surface area contributed by atoms with E-state index in [9.17, 15) is 5.11 Å². The van der Waals surface area contributed by atoms with Gasteiger partial charge in [-0.15, -0.1) is 0 Å². The Morgan fingerprint density at radius 2 is 2.10 bits per heavy atom. The molecular weight excluding hydrogens is 250 g/mol. The fourth-order valence-corrected chi connectivity index (χ4v) is 3.86. The number of aliphatic hydroxyl groups is 1. The number of pyridine rings is 1. The average molecular weight is 269 g/mol.